The van der Waals surface area contributed by atoms with Crippen LogP contribution in [0.3, 0.4) is 0 Å². The standard InChI is InChI=1S/C19H19F3N6O4S/c1-32-9-10-33(30,31)28-12-7-5-11(6-8-12)16-15(17(23)29)18(27-26-16)25-14-4-2-3-13(24-14)19(20,21)22/h2-8,28H,9-10H2,1H3,(H2,23,29)(H2,24,25,26,27). The van der Waals surface area contributed by atoms with Crippen LogP contribution in [0.1, 0.15) is 16.1 Å². The second kappa shape index (κ2) is 9.46. The lowest BCUT2D eigenvalue weighted by Gasteiger charge is -2.10. The van der Waals surface area contributed by atoms with Gasteiger partial charge in [0.15, 0.2) is 0 Å². The Morgan fingerprint density at radius 1 is 1.18 bits per heavy atom. The summed E-state index contributed by atoms with van der Waals surface area (Å²) < 4.78 is 69.8. The van der Waals surface area contributed by atoms with E-state index in [-0.39, 0.29) is 40.9 Å². The molecule has 0 radical (unpaired) electrons. The van der Waals surface area contributed by atoms with Gasteiger partial charge < -0.3 is 15.8 Å². The lowest BCUT2D eigenvalue weighted by molar-refractivity contribution is -0.141. The highest BCUT2D eigenvalue weighted by Crippen LogP contribution is 2.31. The molecule has 0 atom stereocenters. The number of hydrogen-bond donors (Lipinski definition) is 4. The van der Waals surface area contributed by atoms with Crippen molar-refractivity contribution in [2.45, 2.75) is 6.18 Å². The Bertz CT molecular complexity index is 1240. The lowest BCUT2D eigenvalue weighted by atomic mass is 10.1. The fourth-order valence-corrected chi connectivity index (χ4v) is 3.77. The van der Waals surface area contributed by atoms with E-state index in [1.165, 1.54) is 37.4 Å². The Morgan fingerprint density at radius 3 is 2.48 bits per heavy atom. The number of rotatable bonds is 9. The van der Waals surface area contributed by atoms with E-state index in [0.717, 1.165) is 12.1 Å². The summed E-state index contributed by atoms with van der Waals surface area (Å²) in [6, 6.07) is 9.17. The number of primary amides is 1. The van der Waals surface area contributed by atoms with E-state index in [1.54, 1.807) is 0 Å². The molecule has 3 rings (SSSR count). The molecular formula is C19H19F3N6O4S. The quantitative estimate of drug-likeness (QED) is 0.364. The summed E-state index contributed by atoms with van der Waals surface area (Å²) in [7, 11) is -2.22. The number of carbonyl (C=O) groups is 1. The number of H-pyrrole nitrogens is 1. The number of nitrogens with one attached hydrogen (secondary N) is 3. The highest BCUT2D eigenvalue weighted by atomic mass is 32.2. The van der Waals surface area contributed by atoms with E-state index < -0.39 is 27.8 Å². The van der Waals surface area contributed by atoms with Gasteiger partial charge >= 0.3 is 6.18 Å². The van der Waals surface area contributed by atoms with Gasteiger partial charge in [-0.2, -0.15) is 18.3 Å². The number of nitrogens with two attached hydrogens (primary N) is 1. The van der Waals surface area contributed by atoms with Crippen LogP contribution in [0.25, 0.3) is 11.3 Å². The van der Waals surface area contributed by atoms with Crippen molar-refractivity contribution in [3.8, 4) is 11.3 Å². The third kappa shape index (κ3) is 5.98. The molecule has 0 aliphatic heterocycles. The Morgan fingerprint density at radius 2 is 1.88 bits per heavy atom. The number of methoxy groups -OCH3 is 1. The van der Waals surface area contributed by atoms with Crippen molar-refractivity contribution in [2.75, 3.05) is 29.5 Å². The number of sulfonamides is 1. The summed E-state index contributed by atoms with van der Waals surface area (Å²) in [6.07, 6.45) is -4.64. The number of anilines is 3. The summed E-state index contributed by atoms with van der Waals surface area (Å²) >= 11 is 0. The molecule has 0 aliphatic rings. The van der Waals surface area contributed by atoms with Gasteiger partial charge in [-0.05, 0) is 24.3 Å². The van der Waals surface area contributed by atoms with E-state index in [1.807, 2.05) is 0 Å². The van der Waals surface area contributed by atoms with Gasteiger partial charge in [-0.1, -0.05) is 18.2 Å². The molecule has 2 heterocycles. The first-order valence-electron chi connectivity index (χ1n) is 9.29. The Hall–Kier alpha value is -3.65. The maximum atomic E-state index is 12.9. The zero-order chi connectivity index (χ0) is 24.2. The zero-order valence-electron chi connectivity index (χ0n) is 17.1. The van der Waals surface area contributed by atoms with Gasteiger partial charge in [-0.15, -0.1) is 0 Å². The maximum Gasteiger partial charge on any atom is 0.433 e. The topological polar surface area (TPSA) is 152 Å². The monoisotopic (exact) mass is 484 g/mol. The Kier molecular flexibility index (Phi) is 6.88. The summed E-state index contributed by atoms with van der Waals surface area (Å²) in [6.45, 7) is 0.0270. The van der Waals surface area contributed by atoms with E-state index in [4.69, 9.17) is 10.5 Å². The number of halogens is 3. The number of aromatic nitrogens is 3. The number of alkyl halides is 3. The van der Waals surface area contributed by atoms with Gasteiger partial charge in [-0.3, -0.25) is 14.6 Å². The molecule has 0 bridgehead atoms. The van der Waals surface area contributed by atoms with Crippen molar-refractivity contribution < 1.29 is 31.1 Å². The highest BCUT2D eigenvalue weighted by molar-refractivity contribution is 7.92. The number of carbonyl (C=O) groups excluding carboxylic acids is 1. The average molecular weight is 484 g/mol. The molecule has 14 heteroatoms. The maximum absolute atomic E-state index is 12.9. The largest absolute Gasteiger partial charge is 0.433 e. The molecule has 0 unspecified atom stereocenters. The molecule has 1 aromatic carbocycles. The van der Waals surface area contributed by atoms with Crippen LogP contribution < -0.4 is 15.8 Å². The molecule has 2 aromatic heterocycles. The van der Waals surface area contributed by atoms with Crippen LogP contribution >= 0.6 is 0 Å². The van der Waals surface area contributed by atoms with Crippen molar-refractivity contribution in [3.63, 3.8) is 0 Å². The van der Waals surface area contributed by atoms with Crippen LogP contribution in [-0.2, 0) is 20.9 Å². The minimum Gasteiger partial charge on any atom is -0.384 e. The number of aromatic amines is 1. The van der Waals surface area contributed by atoms with E-state index >= 15 is 0 Å². The zero-order valence-corrected chi connectivity index (χ0v) is 17.9. The summed E-state index contributed by atoms with van der Waals surface area (Å²) in [5.41, 5.74) is 5.04. The van der Waals surface area contributed by atoms with Gasteiger partial charge in [0.2, 0.25) is 10.0 Å². The molecule has 0 aliphatic carbocycles. The molecule has 3 aromatic rings. The second-order valence-electron chi connectivity index (χ2n) is 6.71. The summed E-state index contributed by atoms with van der Waals surface area (Å²) in [5, 5.41) is 9.14. The van der Waals surface area contributed by atoms with Crippen molar-refractivity contribution in [1.82, 2.24) is 15.2 Å². The molecule has 5 N–H and O–H groups in total. The van der Waals surface area contributed by atoms with Crippen LogP contribution in [0.5, 0.6) is 0 Å². The van der Waals surface area contributed by atoms with Crippen LogP contribution in [0.15, 0.2) is 42.5 Å². The van der Waals surface area contributed by atoms with E-state index in [0.29, 0.717) is 5.56 Å². The second-order valence-corrected chi connectivity index (χ2v) is 8.55. The first kappa shape index (κ1) is 24.0. The van der Waals surface area contributed by atoms with Gasteiger partial charge in [0.25, 0.3) is 5.91 Å². The van der Waals surface area contributed by atoms with Crippen molar-refractivity contribution >= 4 is 33.3 Å². The Labute approximate surface area is 186 Å². The molecule has 0 spiro atoms. The lowest BCUT2D eigenvalue weighted by Crippen LogP contribution is -2.19. The molecule has 0 saturated heterocycles. The molecular weight excluding hydrogens is 465 g/mol. The van der Waals surface area contributed by atoms with Crippen molar-refractivity contribution in [1.29, 1.82) is 0 Å². The van der Waals surface area contributed by atoms with Crippen LogP contribution in [-0.4, -0.2) is 49.0 Å². The first-order valence-corrected chi connectivity index (χ1v) is 10.9. The predicted molar refractivity (Wildman–Crippen MR) is 114 cm³/mol. The van der Waals surface area contributed by atoms with Gasteiger partial charge in [0.1, 0.15) is 28.6 Å². The molecule has 10 nitrogen and oxygen atoms in total. The number of nitrogens with zero attached hydrogens (tertiary/aromatic N) is 2. The normalized spacial score (nSPS) is 11.9. The van der Waals surface area contributed by atoms with Crippen molar-refractivity contribution in [3.05, 3.63) is 53.7 Å². The molecule has 1 amide bonds. The minimum atomic E-state index is -4.64. The van der Waals surface area contributed by atoms with Crippen LogP contribution in [0.2, 0.25) is 0 Å². The van der Waals surface area contributed by atoms with Gasteiger partial charge in [0, 0.05) is 18.4 Å². The number of pyridine rings is 1. The predicted octanol–water partition coefficient (Wildman–Crippen LogP) is 2.72. The fourth-order valence-electron chi connectivity index (χ4n) is 2.79. The van der Waals surface area contributed by atoms with Gasteiger partial charge in [-0.25, -0.2) is 13.4 Å². The number of benzene rings is 1. The fraction of sp³-hybridized carbons (Fsp3) is 0.211. The SMILES string of the molecule is COCCS(=O)(=O)Nc1ccc(-c2n[nH]c(Nc3cccc(C(F)(F)F)n3)c2C(N)=O)cc1. The number of amides is 1. The third-order valence-electron chi connectivity index (χ3n) is 4.29. The highest BCUT2D eigenvalue weighted by Gasteiger charge is 2.32. The van der Waals surface area contributed by atoms with E-state index in [2.05, 4.69) is 25.2 Å². The molecule has 0 saturated carbocycles. The average Bonchev–Trinajstić information content (AvgIpc) is 3.16. The van der Waals surface area contributed by atoms with Gasteiger partial charge in [0.05, 0.1) is 12.4 Å². The van der Waals surface area contributed by atoms with Crippen LogP contribution in [0, 0.1) is 0 Å². The molecule has 176 valence electrons. The first-order chi connectivity index (χ1) is 15.5. The third-order valence-corrected chi connectivity index (χ3v) is 5.54. The van der Waals surface area contributed by atoms with Crippen molar-refractivity contribution in [2.24, 2.45) is 5.73 Å². The minimum absolute atomic E-state index is 0.0270. The molecule has 0 fully saturated rings. The molecule has 33 heavy (non-hydrogen) atoms. The number of hydrogen-bond acceptors (Lipinski definition) is 7. The van der Waals surface area contributed by atoms with E-state index in [9.17, 15) is 26.4 Å². The number of ether oxygens (including phenoxy) is 1. The smallest absolute Gasteiger partial charge is 0.384 e. The summed E-state index contributed by atoms with van der Waals surface area (Å²) in [5.74, 6) is -1.34. The summed E-state index contributed by atoms with van der Waals surface area (Å²) in [4.78, 5) is 15.5. The Balaban J connectivity index is 1.86. The van der Waals surface area contributed by atoms with Crippen LogP contribution in [0.4, 0.5) is 30.5 Å².